The molecule has 1 atom stereocenters. The number of nitrogens with zero attached hydrogens (tertiary/aromatic N) is 2. The molecule has 0 saturated carbocycles. The summed E-state index contributed by atoms with van der Waals surface area (Å²) in [6.07, 6.45) is 2.09. The van der Waals surface area contributed by atoms with Crippen LogP contribution in [0.1, 0.15) is 36.6 Å². The van der Waals surface area contributed by atoms with E-state index in [1.54, 1.807) is 11.0 Å². The maximum atomic E-state index is 13.1. The number of fused-ring (bicyclic) bond motifs is 1. The predicted octanol–water partition coefficient (Wildman–Crippen LogP) is 3.67. The normalized spacial score (nSPS) is 15.4. The van der Waals surface area contributed by atoms with Crippen molar-refractivity contribution in [1.82, 2.24) is 10.1 Å². The molecule has 1 aliphatic heterocycles. The number of benzene rings is 2. The van der Waals surface area contributed by atoms with E-state index in [2.05, 4.69) is 5.16 Å². The number of para-hydroxylation sites is 1. The van der Waals surface area contributed by atoms with Crippen LogP contribution >= 0.6 is 0 Å². The highest BCUT2D eigenvalue weighted by Gasteiger charge is 2.30. The summed E-state index contributed by atoms with van der Waals surface area (Å²) >= 11 is 0. The van der Waals surface area contributed by atoms with Crippen LogP contribution in [-0.2, 0) is 20.7 Å². The topological polar surface area (TPSA) is 72.6 Å². The molecule has 0 unspecified atom stereocenters. The van der Waals surface area contributed by atoms with Crippen molar-refractivity contribution in [3.63, 3.8) is 0 Å². The van der Waals surface area contributed by atoms with E-state index in [4.69, 9.17) is 9.26 Å². The molecular weight excluding hydrogens is 356 g/mol. The van der Waals surface area contributed by atoms with Crippen molar-refractivity contribution in [3.8, 4) is 0 Å². The molecule has 1 amide bonds. The van der Waals surface area contributed by atoms with Gasteiger partial charge in [0.25, 0.3) is 5.91 Å². The van der Waals surface area contributed by atoms with Crippen LogP contribution in [0.4, 0.5) is 0 Å². The molecule has 3 aromatic rings. The predicted molar refractivity (Wildman–Crippen MR) is 103 cm³/mol. The summed E-state index contributed by atoms with van der Waals surface area (Å²) in [5, 5.41) is 4.75. The van der Waals surface area contributed by atoms with Crippen molar-refractivity contribution in [2.24, 2.45) is 0 Å². The first kappa shape index (κ1) is 18.2. The van der Waals surface area contributed by atoms with Crippen LogP contribution in [-0.4, -0.2) is 35.0 Å². The minimum atomic E-state index is -0.940. The lowest BCUT2D eigenvalue weighted by Gasteiger charge is -2.30. The summed E-state index contributed by atoms with van der Waals surface area (Å²) in [5.41, 5.74) is 1.81. The Morgan fingerprint density at radius 3 is 2.50 bits per heavy atom. The van der Waals surface area contributed by atoms with Gasteiger partial charge in [-0.2, -0.15) is 0 Å². The van der Waals surface area contributed by atoms with Crippen molar-refractivity contribution < 1.29 is 18.8 Å². The second kappa shape index (κ2) is 8.25. The molecule has 2 aromatic carbocycles. The second-order valence-corrected chi connectivity index (χ2v) is 6.97. The molecule has 144 valence electrons. The first-order valence-corrected chi connectivity index (χ1v) is 9.59. The fourth-order valence-electron chi connectivity index (χ4n) is 3.54. The van der Waals surface area contributed by atoms with Gasteiger partial charge in [-0.3, -0.25) is 9.59 Å². The van der Waals surface area contributed by atoms with Crippen LogP contribution in [0.25, 0.3) is 11.0 Å². The highest BCUT2D eigenvalue weighted by molar-refractivity contribution is 5.87. The fourth-order valence-corrected chi connectivity index (χ4v) is 3.54. The lowest BCUT2D eigenvalue weighted by molar-refractivity contribution is -0.161. The number of hydrogen-bond donors (Lipinski definition) is 0. The number of piperidine rings is 1. The van der Waals surface area contributed by atoms with Gasteiger partial charge < -0.3 is 14.2 Å². The Morgan fingerprint density at radius 1 is 1.00 bits per heavy atom. The fraction of sp³-hybridized carbons (Fsp3) is 0.318. The Labute approximate surface area is 163 Å². The smallest absolute Gasteiger partial charge is 0.313 e. The maximum absolute atomic E-state index is 13.1. The zero-order valence-corrected chi connectivity index (χ0v) is 15.5. The van der Waals surface area contributed by atoms with E-state index in [1.807, 2.05) is 48.5 Å². The molecule has 0 radical (unpaired) electrons. The van der Waals surface area contributed by atoms with Gasteiger partial charge in [-0.05, 0) is 31.4 Å². The maximum Gasteiger partial charge on any atom is 0.313 e. The molecule has 1 aliphatic rings. The third kappa shape index (κ3) is 3.91. The van der Waals surface area contributed by atoms with Crippen LogP contribution in [0.5, 0.6) is 0 Å². The largest absolute Gasteiger partial charge is 0.447 e. The SMILES string of the molecule is O=C(Cc1noc2ccccc12)O[C@H](C(=O)N1CCCCC1)c1ccccc1. The Hall–Kier alpha value is -3.15. The molecule has 1 fully saturated rings. The van der Waals surface area contributed by atoms with E-state index < -0.39 is 12.1 Å². The summed E-state index contributed by atoms with van der Waals surface area (Å²) in [7, 11) is 0. The third-order valence-corrected chi connectivity index (χ3v) is 5.01. The van der Waals surface area contributed by atoms with E-state index in [0.29, 0.717) is 29.9 Å². The number of rotatable bonds is 5. The second-order valence-electron chi connectivity index (χ2n) is 6.97. The standard InChI is InChI=1S/C22H22N2O4/c25-20(15-18-17-11-5-6-12-19(17)28-23-18)27-21(16-9-3-1-4-10-16)22(26)24-13-7-2-8-14-24/h1,3-6,9-12,21H,2,7-8,13-15H2/t21-/m0/s1. The van der Waals surface area contributed by atoms with Gasteiger partial charge in [0.1, 0.15) is 5.69 Å². The highest BCUT2D eigenvalue weighted by Crippen LogP contribution is 2.24. The van der Waals surface area contributed by atoms with Gasteiger partial charge in [0.15, 0.2) is 5.58 Å². The summed E-state index contributed by atoms with van der Waals surface area (Å²) in [4.78, 5) is 27.5. The van der Waals surface area contributed by atoms with Crippen LogP contribution in [0, 0.1) is 0 Å². The average molecular weight is 378 g/mol. The average Bonchev–Trinajstić information content (AvgIpc) is 3.15. The number of aromatic nitrogens is 1. The number of hydrogen-bond acceptors (Lipinski definition) is 5. The van der Waals surface area contributed by atoms with Gasteiger partial charge in [-0.15, -0.1) is 0 Å². The van der Waals surface area contributed by atoms with Crippen molar-refractivity contribution >= 4 is 22.8 Å². The molecular formula is C22H22N2O4. The Balaban J connectivity index is 1.53. The van der Waals surface area contributed by atoms with E-state index in [9.17, 15) is 9.59 Å². The summed E-state index contributed by atoms with van der Waals surface area (Å²) in [6.45, 7) is 1.40. The monoisotopic (exact) mass is 378 g/mol. The Bertz CT molecular complexity index is 961. The van der Waals surface area contributed by atoms with E-state index in [0.717, 1.165) is 24.6 Å². The van der Waals surface area contributed by atoms with Gasteiger partial charge in [0, 0.05) is 24.0 Å². The number of esters is 1. The highest BCUT2D eigenvalue weighted by atomic mass is 16.5. The van der Waals surface area contributed by atoms with Gasteiger partial charge in [0.2, 0.25) is 6.10 Å². The first-order valence-electron chi connectivity index (χ1n) is 9.59. The molecule has 0 spiro atoms. The lowest BCUT2D eigenvalue weighted by Crippen LogP contribution is -2.40. The van der Waals surface area contributed by atoms with Crippen LogP contribution < -0.4 is 0 Å². The van der Waals surface area contributed by atoms with Crippen LogP contribution in [0.2, 0.25) is 0 Å². The number of likely N-dealkylation sites (tertiary alicyclic amines) is 1. The third-order valence-electron chi connectivity index (χ3n) is 5.01. The number of carbonyl (C=O) groups is 2. The van der Waals surface area contributed by atoms with Crippen molar-refractivity contribution in [3.05, 3.63) is 65.9 Å². The van der Waals surface area contributed by atoms with Crippen molar-refractivity contribution in [2.75, 3.05) is 13.1 Å². The van der Waals surface area contributed by atoms with E-state index in [1.165, 1.54) is 0 Å². The van der Waals surface area contributed by atoms with E-state index >= 15 is 0 Å². The zero-order valence-electron chi connectivity index (χ0n) is 15.5. The Morgan fingerprint density at radius 2 is 1.71 bits per heavy atom. The number of carbonyl (C=O) groups excluding carboxylic acids is 2. The molecule has 0 N–H and O–H groups in total. The number of amides is 1. The summed E-state index contributed by atoms with van der Waals surface area (Å²) in [5.74, 6) is -0.664. The molecule has 1 aromatic heterocycles. The minimum Gasteiger partial charge on any atom is -0.447 e. The van der Waals surface area contributed by atoms with Gasteiger partial charge in [-0.25, -0.2) is 0 Å². The molecule has 6 heteroatoms. The molecule has 2 heterocycles. The Kier molecular flexibility index (Phi) is 5.37. The molecule has 0 aliphatic carbocycles. The van der Waals surface area contributed by atoms with Crippen molar-refractivity contribution in [1.29, 1.82) is 0 Å². The van der Waals surface area contributed by atoms with Gasteiger partial charge in [-0.1, -0.05) is 47.6 Å². The van der Waals surface area contributed by atoms with E-state index in [-0.39, 0.29) is 12.3 Å². The lowest BCUT2D eigenvalue weighted by atomic mass is 10.1. The minimum absolute atomic E-state index is 0.0480. The van der Waals surface area contributed by atoms with Gasteiger partial charge >= 0.3 is 5.97 Å². The zero-order chi connectivity index (χ0) is 19.3. The first-order chi connectivity index (χ1) is 13.7. The van der Waals surface area contributed by atoms with Gasteiger partial charge in [0.05, 0.1) is 6.42 Å². The van der Waals surface area contributed by atoms with Crippen molar-refractivity contribution in [2.45, 2.75) is 31.8 Å². The summed E-state index contributed by atoms with van der Waals surface area (Å²) < 4.78 is 10.9. The molecule has 6 nitrogen and oxygen atoms in total. The van der Waals surface area contributed by atoms with Crippen LogP contribution in [0.3, 0.4) is 0 Å². The van der Waals surface area contributed by atoms with Crippen LogP contribution in [0.15, 0.2) is 59.1 Å². The molecule has 1 saturated heterocycles. The molecule has 28 heavy (non-hydrogen) atoms. The quantitative estimate of drug-likeness (QED) is 0.634. The number of ether oxygens (including phenoxy) is 1. The summed E-state index contributed by atoms with van der Waals surface area (Å²) in [6, 6.07) is 16.5. The molecule has 0 bridgehead atoms. The molecule has 4 rings (SSSR count).